The summed E-state index contributed by atoms with van der Waals surface area (Å²) in [4.78, 5) is 34.8. The highest BCUT2D eigenvalue weighted by molar-refractivity contribution is 6.10. The molecule has 2 amide bonds. The van der Waals surface area contributed by atoms with E-state index in [2.05, 4.69) is 38.0 Å². The number of hydrogen-bond acceptors (Lipinski definition) is 4. The number of hydrogen-bond donors (Lipinski definition) is 1. The first-order valence-corrected chi connectivity index (χ1v) is 14.2. The molecule has 0 aliphatic carbocycles. The zero-order chi connectivity index (χ0) is 28.4. The summed E-state index contributed by atoms with van der Waals surface area (Å²) in [5, 5.41) is 3.44. The summed E-state index contributed by atoms with van der Waals surface area (Å²) in [6, 6.07) is 11.7. The quantitative estimate of drug-likeness (QED) is 0.339. The van der Waals surface area contributed by atoms with Crippen molar-refractivity contribution in [3.63, 3.8) is 0 Å². The molecule has 1 aliphatic rings. The van der Waals surface area contributed by atoms with Crippen LogP contribution in [0.3, 0.4) is 0 Å². The SMILES string of the molecule is CCCN(CCC)C(=O)C1=Cc2cc(OC)c(-c3ccc(C(=O)N(CCC)CCC)cc3)cc2NC(=NC)C1. The second-order valence-electron chi connectivity index (χ2n) is 9.94. The predicted octanol–water partition coefficient (Wildman–Crippen LogP) is 6.50. The smallest absolute Gasteiger partial charge is 0.253 e. The van der Waals surface area contributed by atoms with Crippen molar-refractivity contribution in [2.75, 3.05) is 45.7 Å². The third kappa shape index (κ3) is 7.28. The number of nitrogens with one attached hydrogen (secondary N) is 1. The minimum atomic E-state index is 0.0537. The van der Waals surface area contributed by atoms with E-state index in [-0.39, 0.29) is 11.8 Å². The minimum Gasteiger partial charge on any atom is -0.496 e. The Kier molecular flexibility index (Phi) is 11.1. The molecule has 1 heterocycles. The van der Waals surface area contributed by atoms with Crippen molar-refractivity contribution in [3.8, 4) is 16.9 Å². The Bertz CT molecular complexity index is 1190. The Labute approximate surface area is 233 Å². The Hall–Kier alpha value is -3.61. The van der Waals surface area contributed by atoms with Crippen molar-refractivity contribution in [1.29, 1.82) is 0 Å². The third-order valence-electron chi connectivity index (χ3n) is 6.87. The van der Waals surface area contributed by atoms with Gasteiger partial charge in [0, 0.05) is 67.6 Å². The van der Waals surface area contributed by atoms with Crippen LogP contribution in [0.5, 0.6) is 5.75 Å². The maximum Gasteiger partial charge on any atom is 0.253 e. The molecular weight excluding hydrogens is 488 g/mol. The molecule has 1 aliphatic heterocycles. The first-order chi connectivity index (χ1) is 18.9. The van der Waals surface area contributed by atoms with Crippen molar-refractivity contribution in [2.45, 2.75) is 59.8 Å². The molecule has 3 rings (SSSR count). The molecule has 0 fully saturated rings. The Morgan fingerprint density at radius 2 is 1.44 bits per heavy atom. The van der Waals surface area contributed by atoms with Gasteiger partial charge in [-0.1, -0.05) is 39.8 Å². The highest BCUT2D eigenvalue weighted by atomic mass is 16.5. The molecule has 0 spiro atoms. The van der Waals surface area contributed by atoms with Gasteiger partial charge in [0.2, 0.25) is 5.91 Å². The number of methoxy groups -OCH3 is 1. The summed E-state index contributed by atoms with van der Waals surface area (Å²) >= 11 is 0. The summed E-state index contributed by atoms with van der Waals surface area (Å²) in [6.07, 6.45) is 6.10. The van der Waals surface area contributed by atoms with E-state index in [1.807, 2.05) is 52.3 Å². The van der Waals surface area contributed by atoms with E-state index >= 15 is 0 Å². The number of amides is 2. The first-order valence-electron chi connectivity index (χ1n) is 14.2. The number of nitrogens with zero attached hydrogens (tertiary/aromatic N) is 3. The van der Waals surface area contributed by atoms with Gasteiger partial charge in [0.25, 0.3) is 5.91 Å². The van der Waals surface area contributed by atoms with Gasteiger partial charge in [0.15, 0.2) is 0 Å². The lowest BCUT2D eigenvalue weighted by Crippen LogP contribution is -2.34. The van der Waals surface area contributed by atoms with E-state index in [4.69, 9.17) is 4.74 Å². The van der Waals surface area contributed by atoms with Crippen LogP contribution in [0.4, 0.5) is 5.69 Å². The van der Waals surface area contributed by atoms with Crippen LogP contribution in [0.2, 0.25) is 0 Å². The van der Waals surface area contributed by atoms with Gasteiger partial charge in [0.1, 0.15) is 11.6 Å². The van der Waals surface area contributed by atoms with E-state index in [1.165, 1.54) is 0 Å². The summed E-state index contributed by atoms with van der Waals surface area (Å²) in [5.74, 6) is 1.56. The Morgan fingerprint density at radius 3 is 1.95 bits per heavy atom. The molecule has 0 aromatic heterocycles. The summed E-state index contributed by atoms with van der Waals surface area (Å²) in [5.41, 5.74) is 4.99. The van der Waals surface area contributed by atoms with Crippen LogP contribution in [-0.2, 0) is 4.79 Å². The lowest BCUT2D eigenvalue weighted by atomic mass is 9.98. The second-order valence-corrected chi connectivity index (χ2v) is 9.94. The van der Waals surface area contributed by atoms with Gasteiger partial charge in [-0.05, 0) is 61.6 Å². The zero-order valence-corrected chi connectivity index (χ0v) is 24.5. The average molecular weight is 533 g/mol. The van der Waals surface area contributed by atoms with Gasteiger partial charge in [-0.2, -0.15) is 0 Å². The van der Waals surface area contributed by atoms with E-state index in [0.29, 0.717) is 23.3 Å². The molecule has 0 saturated carbocycles. The maximum atomic E-state index is 13.5. The number of carbonyl (C=O) groups is 2. The standard InChI is InChI=1S/C32H44N4O3/c1-7-15-35(16-8-2)31(37)24-13-11-23(12-14-24)27-22-28-25(20-29(27)39-6)19-26(21-30(33-5)34-28)32(38)36(17-9-3)18-10-4/h11-14,19-20,22H,7-10,15-18,21H2,1-6H3,(H,33,34). The van der Waals surface area contributed by atoms with Crippen LogP contribution in [0.15, 0.2) is 47.0 Å². The summed E-state index contributed by atoms with van der Waals surface area (Å²) < 4.78 is 5.80. The van der Waals surface area contributed by atoms with Gasteiger partial charge < -0.3 is 19.9 Å². The van der Waals surface area contributed by atoms with E-state index < -0.39 is 0 Å². The van der Waals surface area contributed by atoms with E-state index in [0.717, 1.165) is 80.1 Å². The highest BCUT2D eigenvalue weighted by Crippen LogP contribution is 2.38. The maximum absolute atomic E-state index is 13.5. The van der Waals surface area contributed by atoms with Crippen LogP contribution in [-0.4, -0.2) is 67.8 Å². The van der Waals surface area contributed by atoms with Gasteiger partial charge in [-0.3, -0.25) is 14.6 Å². The van der Waals surface area contributed by atoms with Gasteiger partial charge in [-0.25, -0.2) is 0 Å². The normalized spacial score (nSPS) is 13.7. The van der Waals surface area contributed by atoms with Crippen molar-refractivity contribution < 1.29 is 14.3 Å². The molecule has 0 saturated heterocycles. The topological polar surface area (TPSA) is 74.2 Å². The van der Waals surface area contributed by atoms with Crippen LogP contribution >= 0.6 is 0 Å². The number of amidine groups is 1. The molecule has 2 aromatic rings. The fourth-order valence-corrected chi connectivity index (χ4v) is 5.00. The predicted molar refractivity (Wildman–Crippen MR) is 162 cm³/mol. The zero-order valence-electron chi connectivity index (χ0n) is 24.5. The lowest BCUT2D eigenvalue weighted by Gasteiger charge is -2.22. The number of anilines is 1. The molecule has 2 aromatic carbocycles. The summed E-state index contributed by atoms with van der Waals surface area (Å²) in [7, 11) is 3.39. The number of fused-ring (bicyclic) bond motifs is 1. The van der Waals surface area contributed by atoms with Crippen molar-refractivity contribution >= 4 is 29.4 Å². The number of rotatable bonds is 12. The molecule has 0 radical (unpaired) electrons. The molecule has 7 nitrogen and oxygen atoms in total. The first kappa shape index (κ1) is 29.9. The van der Waals surface area contributed by atoms with Gasteiger partial charge >= 0.3 is 0 Å². The largest absolute Gasteiger partial charge is 0.496 e. The second kappa shape index (κ2) is 14.5. The molecule has 1 N–H and O–H groups in total. The van der Waals surface area contributed by atoms with Gasteiger partial charge in [0.05, 0.1) is 7.11 Å². The molecule has 0 bridgehead atoms. The molecule has 7 heteroatoms. The van der Waals surface area contributed by atoms with Gasteiger partial charge in [-0.15, -0.1) is 0 Å². The number of ether oxygens (including phenoxy) is 1. The number of aliphatic imine (C=N–C) groups is 1. The molecule has 210 valence electrons. The minimum absolute atomic E-state index is 0.0537. The van der Waals surface area contributed by atoms with Crippen molar-refractivity contribution in [3.05, 3.63) is 53.1 Å². The monoisotopic (exact) mass is 532 g/mol. The molecule has 0 atom stereocenters. The van der Waals surface area contributed by atoms with Crippen LogP contribution in [0.1, 0.15) is 75.7 Å². The van der Waals surface area contributed by atoms with Crippen molar-refractivity contribution in [1.82, 2.24) is 9.80 Å². The lowest BCUT2D eigenvalue weighted by molar-refractivity contribution is -0.127. The van der Waals surface area contributed by atoms with Crippen LogP contribution < -0.4 is 10.1 Å². The Morgan fingerprint density at radius 1 is 0.872 bits per heavy atom. The highest BCUT2D eigenvalue weighted by Gasteiger charge is 2.24. The molecule has 0 unspecified atom stereocenters. The van der Waals surface area contributed by atoms with Crippen molar-refractivity contribution in [2.24, 2.45) is 4.99 Å². The fraction of sp³-hybridized carbons (Fsp3) is 0.469. The number of benzene rings is 2. The van der Waals surface area contributed by atoms with Crippen LogP contribution in [0, 0.1) is 0 Å². The van der Waals surface area contributed by atoms with Crippen LogP contribution in [0.25, 0.3) is 17.2 Å². The summed E-state index contributed by atoms with van der Waals surface area (Å²) in [6.45, 7) is 11.3. The van der Waals surface area contributed by atoms with E-state index in [9.17, 15) is 9.59 Å². The Balaban J connectivity index is 2.00. The van der Waals surface area contributed by atoms with E-state index in [1.54, 1.807) is 14.2 Å². The molecular formula is C32H44N4O3. The third-order valence-corrected chi connectivity index (χ3v) is 6.87. The molecule has 39 heavy (non-hydrogen) atoms. The fourth-order valence-electron chi connectivity index (χ4n) is 5.00. The average Bonchev–Trinajstić information content (AvgIpc) is 3.14. The number of carbonyl (C=O) groups excluding carboxylic acids is 2.